The van der Waals surface area contributed by atoms with Gasteiger partial charge in [0.05, 0.1) is 32.1 Å². The highest BCUT2D eigenvalue weighted by molar-refractivity contribution is 5.96. The summed E-state index contributed by atoms with van der Waals surface area (Å²) < 4.78 is 39.9. The van der Waals surface area contributed by atoms with E-state index in [2.05, 4.69) is 0 Å². The highest BCUT2D eigenvalue weighted by atomic mass is 19.1. The summed E-state index contributed by atoms with van der Waals surface area (Å²) in [5.41, 5.74) is -1.62. The van der Waals surface area contributed by atoms with Crippen molar-refractivity contribution in [3.8, 4) is 5.75 Å². The number of aromatic nitrogens is 2. The van der Waals surface area contributed by atoms with Gasteiger partial charge < -0.3 is 23.5 Å². The van der Waals surface area contributed by atoms with Gasteiger partial charge >= 0.3 is 11.9 Å². The number of carboxylic acid groups (broad SMARTS) is 1. The van der Waals surface area contributed by atoms with Crippen molar-refractivity contribution >= 4 is 23.2 Å². The first kappa shape index (κ1) is 28.2. The largest absolute Gasteiger partial charge is 0.491 e. The highest BCUT2D eigenvalue weighted by Gasteiger charge is 2.21. The number of nitrogens with zero attached hydrogens (tertiary/aromatic N) is 2. The van der Waals surface area contributed by atoms with Crippen molar-refractivity contribution in [1.82, 2.24) is 8.97 Å². The number of benzene rings is 1. The van der Waals surface area contributed by atoms with Crippen molar-refractivity contribution in [1.29, 1.82) is 0 Å². The molecule has 1 N–H and O–H groups in total. The summed E-state index contributed by atoms with van der Waals surface area (Å²) in [5.74, 6) is -4.27. The summed E-state index contributed by atoms with van der Waals surface area (Å²) in [7, 11) is 1.19. The SMILES string of the molecule is COc1c(=O)c(C(=O)CCc2ccc(F)cc2F)cn2ccn([C@H](C)CCOC(=O)CCC(=O)O)c(=O)c12. The van der Waals surface area contributed by atoms with Gasteiger partial charge in [0.1, 0.15) is 11.6 Å². The first-order valence-corrected chi connectivity index (χ1v) is 11.7. The van der Waals surface area contributed by atoms with E-state index in [4.69, 9.17) is 14.6 Å². The molecule has 10 nitrogen and oxygen atoms in total. The second kappa shape index (κ2) is 12.3. The minimum absolute atomic E-state index is 0.0523. The van der Waals surface area contributed by atoms with Crippen LogP contribution < -0.4 is 15.7 Å². The van der Waals surface area contributed by atoms with Crippen LogP contribution in [0, 0.1) is 11.6 Å². The molecule has 3 aromatic rings. The monoisotopic (exact) mass is 532 g/mol. The van der Waals surface area contributed by atoms with Gasteiger partial charge in [-0.15, -0.1) is 0 Å². The maximum atomic E-state index is 13.9. The van der Waals surface area contributed by atoms with Gasteiger partial charge in [0.15, 0.2) is 17.0 Å². The molecule has 0 aliphatic rings. The number of hydrogen-bond acceptors (Lipinski definition) is 7. The molecule has 2 heterocycles. The van der Waals surface area contributed by atoms with E-state index in [1.54, 1.807) is 6.92 Å². The number of esters is 1. The number of pyridine rings is 1. The molecule has 38 heavy (non-hydrogen) atoms. The quantitative estimate of drug-likeness (QED) is 0.278. The van der Waals surface area contributed by atoms with Crippen molar-refractivity contribution in [2.24, 2.45) is 0 Å². The molecule has 0 aliphatic carbocycles. The van der Waals surface area contributed by atoms with Crippen LogP contribution in [0.2, 0.25) is 0 Å². The smallest absolute Gasteiger partial charge is 0.306 e. The third-order valence-corrected chi connectivity index (χ3v) is 5.97. The van der Waals surface area contributed by atoms with Crippen LogP contribution in [0.4, 0.5) is 8.78 Å². The molecule has 0 bridgehead atoms. The molecule has 1 atom stereocenters. The molecule has 0 unspecified atom stereocenters. The zero-order chi connectivity index (χ0) is 28.0. The van der Waals surface area contributed by atoms with E-state index in [9.17, 15) is 32.8 Å². The Labute approximate surface area is 215 Å². The second-order valence-corrected chi connectivity index (χ2v) is 8.58. The Hall–Kier alpha value is -4.35. The standard InChI is InChI=1S/C26H26F2N2O8/c1-15(9-12-38-22(34)8-7-21(32)33)30-11-10-29-14-18(24(35)25(37-2)23(29)26(30)36)20(31)6-4-16-3-5-17(27)13-19(16)28/h3,5,10-11,13-15H,4,6-9,12H2,1-2H3,(H,32,33)/t15-/m1/s1. The molecule has 12 heteroatoms. The molecular formula is C26H26F2N2O8. The molecule has 3 rings (SSSR count). The van der Waals surface area contributed by atoms with Gasteiger partial charge in [0.2, 0.25) is 5.43 Å². The van der Waals surface area contributed by atoms with Crippen LogP contribution in [0.1, 0.15) is 54.6 Å². The van der Waals surface area contributed by atoms with Gasteiger partial charge in [-0.1, -0.05) is 6.07 Å². The highest BCUT2D eigenvalue weighted by Crippen LogP contribution is 2.18. The zero-order valence-corrected chi connectivity index (χ0v) is 20.7. The number of ether oxygens (including phenoxy) is 2. The zero-order valence-electron chi connectivity index (χ0n) is 20.7. The topological polar surface area (TPSA) is 133 Å². The summed E-state index contributed by atoms with van der Waals surface area (Å²) in [6.07, 6.45) is 3.45. The van der Waals surface area contributed by atoms with E-state index in [1.807, 2.05) is 0 Å². The third kappa shape index (κ3) is 6.50. The Morgan fingerprint density at radius 1 is 1.08 bits per heavy atom. The number of Topliss-reactive ketones (excluding diaryl/α,β-unsaturated/α-hetero) is 1. The molecule has 2 aromatic heterocycles. The number of aryl methyl sites for hydroxylation is 1. The number of carboxylic acids is 1. The lowest BCUT2D eigenvalue weighted by molar-refractivity contribution is -0.147. The number of rotatable bonds is 12. The summed E-state index contributed by atoms with van der Waals surface area (Å²) >= 11 is 0. The van der Waals surface area contributed by atoms with Crippen molar-refractivity contribution in [2.45, 2.75) is 45.1 Å². The molecule has 0 amide bonds. The molecule has 0 fully saturated rings. The molecule has 0 spiro atoms. The normalized spacial score (nSPS) is 11.8. The van der Waals surface area contributed by atoms with Crippen LogP contribution in [0.5, 0.6) is 5.75 Å². The van der Waals surface area contributed by atoms with Crippen LogP contribution in [0.3, 0.4) is 0 Å². The lowest BCUT2D eigenvalue weighted by Gasteiger charge is -2.17. The molecule has 0 radical (unpaired) electrons. The maximum absolute atomic E-state index is 13.9. The summed E-state index contributed by atoms with van der Waals surface area (Å²) in [6, 6.07) is 2.55. The van der Waals surface area contributed by atoms with Crippen molar-refractivity contribution in [3.63, 3.8) is 0 Å². The molecule has 202 valence electrons. The van der Waals surface area contributed by atoms with Gasteiger partial charge in [0, 0.05) is 43.5 Å². The van der Waals surface area contributed by atoms with Gasteiger partial charge in [-0.25, -0.2) is 8.78 Å². The lowest BCUT2D eigenvalue weighted by Crippen LogP contribution is -2.29. The number of carbonyl (C=O) groups excluding carboxylic acids is 2. The lowest BCUT2D eigenvalue weighted by atomic mass is 10.0. The molecule has 0 saturated heterocycles. The van der Waals surface area contributed by atoms with Crippen molar-refractivity contribution < 1.29 is 37.7 Å². The minimum Gasteiger partial charge on any atom is -0.491 e. The molecule has 0 aliphatic heterocycles. The average molecular weight is 532 g/mol. The Balaban J connectivity index is 1.81. The van der Waals surface area contributed by atoms with E-state index in [0.717, 1.165) is 6.07 Å². The van der Waals surface area contributed by atoms with Gasteiger partial charge in [-0.3, -0.25) is 24.0 Å². The number of aliphatic carboxylic acids is 1. The number of fused-ring (bicyclic) bond motifs is 1. The predicted molar refractivity (Wildman–Crippen MR) is 131 cm³/mol. The fraction of sp³-hybridized carbons (Fsp3) is 0.346. The van der Waals surface area contributed by atoms with Crippen molar-refractivity contribution in [3.05, 3.63) is 80.1 Å². The van der Waals surface area contributed by atoms with Crippen LogP contribution in [0.15, 0.2) is 46.4 Å². The van der Waals surface area contributed by atoms with Gasteiger partial charge in [-0.2, -0.15) is 0 Å². The Morgan fingerprint density at radius 3 is 2.47 bits per heavy atom. The third-order valence-electron chi connectivity index (χ3n) is 5.97. The number of carbonyl (C=O) groups is 3. The predicted octanol–water partition coefficient (Wildman–Crippen LogP) is 2.92. The number of halogens is 2. The Kier molecular flexibility index (Phi) is 9.11. The molecular weight excluding hydrogens is 506 g/mol. The van der Waals surface area contributed by atoms with E-state index >= 15 is 0 Å². The van der Waals surface area contributed by atoms with Gasteiger partial charge in [0.25, 0.3) is 5.56 Å². The van der Waals surface area contributed by atoms with E-state index in [-0.39, 0.29) is 61.1 Å². The van der Waals surface area contributed by atoms with Crippen molar-refractivity contribution in [2.75, 3.05) is 13.7 Å². The summed E-state index contributed by atoms with van der Waals surface area (Å²) in [5, 5.41) is 8.62. The van der Waals surface area contributed by atoms with Crippen LogP contribution in [-0.2, 0) is 20.7 Å². The van der Waals surface area contributed by atoms with Crippen LogP contribution >= 0.6 is 0 Å². The fourth-order valence-electron chi connectivity index (χ4n) is 3.87. The van der Waals surface area contributed by atoms with E-state index in [1.165, 1.54) is 40.7 Å². The van der Waals surface area contributed by atoms with Crippen LogP contribution in [0.25, 0.3) is 5.52 Å². The van der Waals surface area contributed by atoms with E-state index in [0.29, 0.717) is 6.07 Å². The Bertz CT molecular complexity index is 1500. The summed E-state index contributed by atoms with van der Waals surface area (Å²) in [4.78, 5) is 61.2. The fourth-order valence-corrected chi connectivity index (χ4v) is 3.87. The average Bonchev–Trinajstić information content (AvgIpc) is 2.86. The summed E-state index contributed by atoms with van der Waals surface area (Å²) in [6.45, 7) is 1.64. The van der Waals surface area contributed by atoms with Crippen LogP contribution in [-0.4, -0.2) is 45.5 Å². The molecule has 1 aromatic carbocycles. The Morgan fingerprint density at radius 2 is 1.82 bits per heavy atom. The number of methoxy groups -OCH3 is 1. The number of ketones is 1. The number of hydrogen-bond donors (Lipinski definition) is 1. The van der Waals surface area contributed by atoms with E-state index < -0.39 is 46.4 Å². The second-order valence-electron chi connectivity index (χ2n) is 8.58. The van der Waals surface area contributed by atoms with Gasteiger partial charge in [-0.05, 0) is 25.0 Å². The first-order chi connectivity index (χ1) is 18.0. The maximum Gasteiger partial charge on any atom is 0.306 e. The minimum atomic E-state index is -1.12. The molecule has 0 saturated carbocycles. The first-order valence-electron chi connectivity index (χ1n) is 11.7.